The van der Waals surface area contributed by atoms with E-state index in [9.17, 15) is 23.1 Å². The minimum absolute atomic E-state index is 0.0315. The van der Waals surface area contributed by atoms with Crippen LogP contribution in [-0.2, 0) is 4.74 Å². The van der Waals surface area contributed by atoms with Crippen LogP contribution in [0.4, 0.5) is 24.5 Å². The molecule has 1 aliphatic heterocycles. The van der Waals surface area contributed by atoms with E-state index in [1.807, 2.05) is 29.5 Å². The zero-order valence-electron chi connectivity index (χ0n) is 16.9. The summed E-state index contributed by atoms with van der Waals surface area (Å²) in [6.07, 6.45) is 0. The first-order valence-electron chi connectivity index (χ1n) is 9.74. The number of amides is 1. The third kappa shape index (κ3) is 5.68. The topological polar surface area (TPSA) is 73.8 Å². The largest absolute Gasteiger partial charge is 0.385 e. The number of β-amino-alcohol motifs (C(OH)–C–C–N with tert-alkyl or cyclic N) is 1. The molecule has 0 radical (unpaired) electrons. The predicted octanol–water partition coefficient (Wildman–Crippen LogP) is 3.27. The van der Waals surface area contributed by atoms with Crippen LogP contribution in [0.3, 0.4) is 0 Å². The van der Waals surface area contributed by atoms with Crippen LogP contribution < -0.4 is 10.6 Å². The highest BCUT2D eigenvalue weighted by molar-refractivity contribution is 14.1. The number of carbonyl (C=O) groups is 1. The van der Waals surface area contributed by atoms with E-state index in [0.717, 1.165) is 12.1 Å². The summed E-state index contributed by atoms with van der Waals surface area (Å²) in [6, 6.07) is 6.20. The molecule has 168 valence electrons. The van der Waals surface area contributed by atoms with Gasteiger partial charge in [0.1, 0.15) is 11.4 Å². The number of nitrogens with zero attached hydrogens (tertiary/aromatic N) is 1. The van der Waals surface area contributed by atoms with Crippen molar-refractivity contribution in [2.24, 2.45) is 0 Å². The number of carbonyl (C=O) groups excluding carboxylic acids is 1. The summed E-state index contributed by atoms with van der Waals surface area (Å²) in [7, 11) is 0. The van der Waals surface area contributed by atoms with Gasteiger partial charge in [-0.3, -0.25) is 4.79 Å². The Kier molecular flexibility index (Phi) is 7.78. The average molecular weight is 549 g/mol. The molecular formula is C21H23F3IN3O3. The van der Waals surface area contributed by atoms with Crippen molar-refractivity contribution in [1.82, 2.24) is 10.2 Å². The molecule has 1 saturated heterocycles. The molecular weight excluding hydrogens is 526 g/mol. The SMILES string of the molecule is CCOCCNCC1(O)CN(C(=O)c2ccc(F)c(F)c2Nc2ccc(I)cc2F)C1. The van der Waals surface area contributed by atoms with Crippen LogP contribution in [-0.4, -0.2) is 60.9 Å². The van der Waals surface area contributed by atoms with Crippen molar-refractivity contribution in [3.8, 4) is 0 Å². The highest BCUT2D eigenvalue weighted by Gasteiger charge is 2.44. The molecule has 3 rings (SSSR count). The van der Waals surface area contributed by atoms with Gasteiger partial charge in [-0.2, -0.15) is 0 Å². The van der Waals surface area contributed by atoms with Gasteiger partial charge in [-0.15, -0.1) is 0 Å². The number of aliphatic hydroxyl groups is 1. The van der Waals surface area contributed by atoms with Gasteiger partial charge in [0, 0.05) is 23.3 Å². The van der Waals surface area contributed by atoms with Crippen molar-refractivity contribution >= 4 is 39.9 Å². The van der Waals surface area contributed by atoms with Crippen molar-refractivity contribution in [1.29, 1.82) is 0 Å². The molecule has 1 fully saturated rings. The highest BCUT2D eigenvalue weighted by Crippen LogP contribution is 2.31. The molecule has 1 heterocycles. The molecule has 0 saturated carbocycles. The molecule has 1 amide bonds. The van der Waals surface area contributed by atoms with Crippen molar-refractivity contribution in [2.75, 3.05) is 44.7 Å². The number of anilines is 2. The van der Waals surface area contributed by atoms with Crippen LogP contribution in [0.2, 0.25) is 0 Å². The van der Waals surface area contributed by atoms with E-state index in [1.54, 1.807) is 6.07 Å². The third-order valence-electron chi connectivity index (χ3n) is 4.85. The first kappa shape index (κ1) is 23.8. The summed E-state index contributed by atoms with van der Waals surface area (Å²) < 4.78 is 48.4. The zero-order chi connectivity index (χ0) is 22.6. The van der Waals surface area contributed by atoms with Crippen molar-refractivity contribution < 1.29 is 27.8 Å². The highest BCUT2D eigenvalue weighted by atomic mass is 127. The molecule has 1 aliphatic rings. The molecule has 10 heteroatoms. The van der Waals surface area contributed by atoms with Gasteiger partial charge in [0.15, 0.2) is 11.6 Å². The second kappa shape index (κ2) is 10.2. The maximum absolute atomic E-state index is 14.5. The van der Waals surface area contributed by atoms with E-state index < -0.39 is 34.6 Å². The van der Waals surface area contributed by atoms with Crippen LogP contribution in [0.25, 0.3) is 0 Å². The fraction of sp³-hybridized carbons (Fsp3) is 0.381. The van der Waals surface area contributed by atoms with E-state index in [0.29, 0.717) is 23.3 Å². The Labute approximate surface area is 191 Å². The number of hydrogen-bond acceptors (Lipinski definition) is 5. The number of benzene rings is 2. The summed E-state index contributed by atoms with van der Waals surface area (Å²) in [5.41, 5.74) is -1.80. The van der Waals surface area contributed by atoms with Gasteiger partial charge in [-0.05, 0) is 59.8 Å². The fourth-order valence-corrected chi connectivity index (χ4v) is 3.73. The van der Waals surface area contributed by atoms with Gasteiger partial charge in [0.25, 0.3) is 5.91 Å². The number of likely N-dealkylation sites (tertiary alicyclic amines) is 1. The number of ether oxygens (including phenoxy) is 1. The van der Waals surface area contributed by atoms with E-state index in [4.69, 9.17) is 4.74 Å². The maximum Gasteiger partial charge on any atom is 0.256 e. The summed E-state index contributed by atoms with van der Waals surface area (Å²) >= 11 is 1.92. The molecule has 0 spiro atoms. The van der Waals surface area contributed by atoms with Crippen LogP contribution in [0.5, 0.6) is 0 Å². The quantitative estimate of drug-likeness (QED) is 0.331. The monoisotopic (exact) mass is 549 g/mol. The average Bonchev–Trinajstić information content (AvgIpc) is 2.70. The van der Waals surface area contributed by atoms with Crippen molar-refractivity contribution in [3.63, 3.8) is 0 Å². The Morgan fingerprint density at radius 3 is 2.65 bits per heavy atom. The van der Waals surface area contributed by atoms with Crippen LogP contribution in [0.1, 0.15) is 17.3 Å². The Balaban J connectivity index is 1.71. The zero-order valence-corrected chi connectivity index (χ0v) is 19.0. The lowest BCUT2D eigenvalue weighted by Crippen LogP contribution is -2.67. The summed E-state index contributed by atoms with van der Waals surface area (Å²) in [5.74, 6) is -3.70. The lowest BCUT2D eigenvalue weighted by molar-refractivity contribution is -0.0789. The number of rotatable bonds is 9. The van der Waals surface area contributed by atoms with E-state index in [-0.39, 0.29) is 30.9 Å². The molecule has 0 aliphatic carbocycles. The van der Waals surface area contributed by atoms with Gasteiger partial charge >= 0.3 is 0 Å². The molecule has 0 unspecified atom stereocenters. The van der Waals surface area contributed by atoms with Gasteiger partial charge in [0.2, 0.25) is 0 Å². The minimum atomic E-state index is -1.28. The van der Waals surface area contributed by atoms with Crippen LogP contribution in [0.15, 0.2) is 30.3 Å². The predicted molar refractivity (Wildman–Crippen MR) is 119 cm³/mol. The van der Waals surface area contributed by atoms with Gasteiger partial charge in [-0.1, -0.05) is 0 Å². The van der Waals surface area contributed by atoms with Crippen LogP contribution >= 0.6 is 22.6 Å². The summed E-state index contributed by atoms with van der Waals surface area (Å²) in [5, 5.41) is 16.1. The van der Waals surface area contributed by atoms with Gasteiger partial charge < -0.3 is 25.4 Å². The smallest absolute Gasteiger partial charge is 0.256 e. The minimum Gasteiger partial charge on any atom is -0.385 e. The number of halogens is 4. The van der Waals surface area contributed by atoms with Crippen molar-refractivity contribution in [3.05, 3.63) is 56.9 Å². The lowest BCUT2D eigenvalue weighted by atomic mass is 9.92. The Morgan fingerprint density at radius 1 is 1.23 bits per heavy atom. The van der Waals surface area contributed by atoms with Crippen molar-refractivity contribution in [2.45, 2.75) is 12.5 Å². The van der Waals surface area contributed by atoms with Crippen LogP contribution in [0, 0.1) is 21.0 Å². The Bertz CT molecular complexity index is 955. The second-order valence-electron chi connectivity index (χ2n) is 7.29. The summed E-state index contributed by atoms with van der Waals surface area (Å²) in [6.45, 7) is 3.88. The van der Waals surface area contributed by atoms with E-state index in [2.05, 4.69) is 10.6 Å². The third-order valence-corrected chi connectivity index (χ3v) is 5.53. The number of hydrogen-bond donors (Lipinski definition) is 3. The normalized spacial score (nSPS) is 15.0. The first-order valence-corrected chi connectivity index (χ1v) is 10.8. The maximum atomic E-state index is 14.5. The summed E-state index contributed by atoms with van der Waals surface area (Å²) in [4.78, 5) is 14.2. The molecule has 31 heavy (non-hydrogen) atoms. The fourth-order valence-electron chi connectivity index (χ4n) is 3.28. The van der Waals surface area contributed by atoms with E-state index >= 15 is 0 Å². The standard InChI is InChI=1S/C21H23F3IN3O3/c1-2-31-8-7-26-10-21(30)11-28(12-21)20(29)14-4-5-15(22)18(24)19(14)27-17-6-3-13(25)9-16(17)23/h3-6,9,26-27,30H,2,7-8,10-12H2,1H3. The lowest BCUT2D eigenvalue weighted by Gasteiger charge is -2.46. The van der Waals surface area contributed by atoms with Gasteiger partial charge in [0.05, 0.1) is 36.6 Å². The van der Waals surface area contributed by atoms with Gasteiger partial charge in [-0.25, -0.2) is 13.2 Å². The molecule has 2 aromatic carbocycles. The Morgan fingerprint density at radius 2 is 1.97 bits per heavy atom. The molecule has 0 bridgehead atoms. The Hall–Kier alpha value is -1.89. The first-order chi connectivity index (χ1) is 14.7. The molecule has 2 aromatic rings. The second-order valence-corrected chi connectivity index (χ2v) is 8.54. The number of nitrogens with one attached hydrogen (secondary N) is 2. The molecule has 0 aromatic heterocycles. The molecule has 3 N–H and O–H groups in total. The van der Waals surface area contributed by atoms with E-state index in [1.165, 1.54) is 17.0 Å². The molecule has 0 atom stereocenters. The molecule has 6 nitrogen and oxygen atoms in total.